The summed E-state index contributed by atoms with van der Waals surface area (Å²) in [5.74, 6) is -0.775. The fourth-order valence-electron chi connectivity index (χ4n) is 4.13. The van der Waals surface area contributed by atoms with Crippen molar-refractivity contribution in [3.63, 3.8) is 0 Å². The largest absolute Gasteiger partial charge is 0.481 e. The van der Waals surface area contributed by atoms with Crippen molar-refractivity contribution in [3.05, 3.63) is 106 Å². The average molecular weight is 393 g/mol. The van der Waals surface area contributed by atoms with Gasteiger partial charge < -0.3 is 5.11 Å². The molecule has 1 aliphatic carbocycles. The Kier molecular flexibility index (Phi) is 3.77. The number of hydrogen-bond donors (Lipinski definition) is 1. The molecule has 1 fully saturated rings. The number of benzene rings is 3. The Hall–Kier alpha value is -2.39. The molecule has 2 nitrogen and oxygen atoms in total. The monoisotopic (exact) mass is 392 g/mol. The molecule has 0 bridgehead atoms. The third kappa shape index (κ3) is 2.26. The molecule has 0 amide bonds. The van der Waals surface area contributed by atoms with Crippen LogP contribution < -0.4 is 0 Å². The molecule has 124 valence electrons. The minimum Gasteiger partial charge on any atom is -0.481 e. The van der Waals surface area contributed by atoms with Gasteiger partial charge in [-0.15, -0.1) is 0 Å². The first kappa shape index (κ1) is 16.1. The van der Waals surface area contributed by atoms with E-state index in [0.717, 1.165) is 21.2 Å². The maximum atomic E-state index is 12.5. The van der Waals surface area contributed by atoms with Gasteiger partial charge in [0, 0.05) is 9.89 Å². The summed E-state index contributed by atoms with van der Waals surface area (Å²) in [6.45, 7) is 0. The van der Waals surface area contributed by atoms with Gasteiger partial charge in [0.15, 0.2) is 0 Å². The van der Waals surface area contributed by atoms with E-state index in [9.17, 15) is 9.90 Å². The average Bonchev–Trinajstić information content (AvgIpc) is 3.37. The molecule has 0 unspecified atom stereocenters. The normalized spacial score (nSPS) is 20.8. The number of hydrogen-bond acceptors (Lipinski definition) is 1. The van der Waals surface area contributed by atoms with Crippen molar-refractivity contribution in [2.45, 2.75) is 17.3 Å². The standard InChI is InChI=1S/C22H17BrO2/c23-19-13-11-18(12-14-19)22(20(24)25)15-21(22,16-7-3-1-4-8-16)17-9-5-2-6-10-17/h1-14H,15H2,(H,24,25)/t22-/m1/s1. The zero-order valence-electron chi connectivity index (χ0n) is 13.5. The summed E-state index contributed by atoms with van der Waals surface area (Å²) < 4.78 is 0.947. The smallest absolute Gasteiger partial charge is 0.315 e. The Morgan fingerprint density at radius 3 is 1.68 bits per heavy atom. The quantitative estimate of drug-likeness (QED) is 0.665. The van der Waals surface area contributed by atoms with Crippen LogP contribution in [0.1, 0.15) is 23.1 Å². The summed E-state index contributed by atoms with van der Waals surface area (Å²) in [6.07, 6.45) is 0.561. The lowest BCUT2D eigenvalue weighted by Crippen LogP contribution is -2.31. The Labute approximate surface area is 155 Å². The summed E-state index contributed by atoms with van der Waals surface area (Å²) >= 11 is 3.44. The minimum absolute atomic E-state index is 0.546. The number of carbonyl (C=O) groups is 1. The molecule has 4 rings (SSSR count). The molecule has 1 saturated carbocycles. The number of carboxylic acids is 1. The van der Waals surface area contributed by atoms with E-state index >= 15 is 0 Å². The summed E-state index contributed by atoms with van der Waals surface area (Å²) in [5, 5.41) is 10.3. The first-order valence-electron chi connectivity index (χ1n) is 8.22. The van der Waals surface area contributed by atoms with Crippen LogP contribution in [0, 0.1) is 0 Å². The predicted octanol–water partition coefficient (Wildman–Crippen LogP) is 5.16. The first-order valence-corrected chi connectivity index (χ1v) is 9.01. The third-order valence-corrected chi connectivity index (χ3v) is 5.90. The van der Waals surface area contributed by atoms with Crippen LogP contribution in [0.15, 0.2) is 89.4 Å². The summed E-state index contributed by atoms with van der Waals surface area (Å²) in [4.78, 5) is 12.5. The van der Waals surface area contributed by atoms with Crippen LogP contribution in [0.2, 0.25) is 0 Å². The van der Waals surface area contributed by atoms with Gasteiger partial charge in [-0.05, 0) is 35.2 Å². The molecule has 3 aromatic rings. The number of carboxylic acid groups (broad SMARTS) is 1. The van der Waals surface area contributed by atoms with Crippen molar-refractivity contribution < 1.29 is 9.90 Å². The molecule has 0 saturated heterocycles. The Morgan fingerprint density at radius 2 is 1.24 bits per heavy atom. The van der Waals surface area contributed by atoms with Gasteiger partial charge in [-0.2, -0.15) is 0 Å². The van der Waals surface area contributed by atoms with E-state index in [4.69, 9.17) is 0 Å². The molecule has 3 aromatic carbocycles. The van der Waals surface area contributed by atoms with Crippen LogP contribution in [0.3, 0.4) is 0 Å². The van der Waals surface area contributed by atoms with Crippen LogP contribution in [-0.2, 0) is 15.6 Å². The van der Waals surface area contributed by atoms with E-state index in [-0.39, 0.29) is 0 Å². The highest BCUT2D eigenvalue weighted by molar-refractivity contribution is 9.10. The van der Waals surface area contributed by atoms with Crippen LogP contribution in [0.25, 0.3) is 0 Å². The van der Waals surface area contributed by atoms with Gasteiger partial charge in [0.05, 0.1) is 0 Å². The van der Waals surface area contributed by atoms with Gasteiger partial charge in [0.1, 0.15) is 5.41 Å². The van der Waals surface area contributed by atoms with Gasteiger partial charge in [0.2, 0.25) is 0 Å². The summed E-state index contributed by atoms with van der Waals surface area (Å²) in [5.41, 5.74) is 1.44. The fraction of sp³-hybridized carbons (Fsp3) is 0.136. The molecule has 1 aliphatic rings. The van der Waals surface area contributed by atoms with E-state index in [0.29, 0.717) is 6.42 Å². The predicted molar refractivity (Wildman–Crippen MR) is 102 cm³/mol. The van der Waals surface area contributed by atoms with E-state index < -0.39 is 16.8 Å². The van der Waals surface area contributed by atoms with Gasteiger partial charge in [0.25, 0.3) is 0 Å². The van der Waals surface area contributed by atoms with Crippen LogP contribution >= 0.6 is 15.9 Å². The summed E-state index contributed by atoms with van der Waals surface area (Å²) in [6, 6.07) is 27.7. The second kappa shape index (κ2) is 5.85. The minimum atomic E-state index is -0.948. The van der Waals surface area contributed by atoms with Crippen molar-refractivity contribution in [2.75, 3.05) is 0 Å². The fourth-order valence-corrected chi connectivity index (χ4v) is 4.39. The van der Waals surface area contributed by atoms with Crippen molar-refractivity contribution >= 4 is 21.9 Å². The topological polar surface area (TPSA) is 37.3 Å². The molecule has 0 aromatic heterocycles. The van der Waals surface area contributed by atoms with E-state index in [2.05, 4.69) is 15.9 Å². The molecule has 0 radical (unpaired) electrons. The van der Waals surface area contributed by atoms with Crippen molar-refractivity contribution in [1.82, 2.24) is 0 Å². The SMILES string of the molecule is O=C(O)[C@]1(c2ccc(Br)cc2)CC1(c1ccccc1)c1ccccc1. The molecule has 0 spiro atoms. The number of halogens is 1. The summed E-state index contributed by atoms with van der Waals surface area (Å²) in [7, 11) is 0. The van der Waals surface area contributed by atoms with Crippen molar-refractivity contribution in [3.8, 4) is 0 Å². The van der Waals surface area contributed by atoms with E-state index in [1.54, 1.807) is 0 Å². The lowest BCUT2D eigenvalue weighted by atomic mass is 9.77. The number of aliphatic carboxylic acids is 1. The Balaban J connectivity index is 1.97. The molecule has 25 heavy (non-hydrogen) atoms. The Morgan fingerprint density at radius 1 is 0.760 bits per heavy atom. The van der Waals surface area contributed by atoms with Gasteiger partial charge in [-0.1, -0.05) is 88.7 Å². The molecule has 1 N–H and O–H groups in total. The van der Waals surface area contributed by atoms with Crippen molar-refractivity contribution in [1.29, 1.82) is 0 Å². The zero-order chi connectivity index (χ0) is 17.5. The molecular weight excluding hydrogens is 376 g/mol. The highest BCUT2D eigenvalue weighted by Crippen LogP contribution is 2.69. The number of rotatable bonds is 4. The molecule has 3 heteroatoms. The lowest BCUT2D eigenvalue weighted by molar-refractivity contribution is -0.140. The van der Waals surface area contributed by atoms with Crippen LogP contribution in [0.5, 0.6) is 0 Å². The van der Waals surface area contributed by atoms with Crippen molar-refractivity contribution in [2.24, 2.45) is 0 Å². The van der Waals surface area contributed by atoms with Crippen LogP contribution in [0.4, 0.5) is 0 Å². The van der Waals surface area contributed by atoms with E-state index in [1.165, 1.54) is 0 Å². The highest BCUT2D eigenvalue weighted by atomic mass is 79.9. The van der Waals surface area contributed by atoms with E-state index in [1.807, 2.05) is 84.9 Å². The molecule has 1 atom stereocenters. The lowest BCUT2D eigenvalue weighted by Gasteiger charge is -2.25. The molecular formula is C22H17BrO2. The van der Waals surface area contributed by atoms with Crippen LogP contribution in [-0.4, -0.2) is 11.1 Å². The zero-order valence-corrected chi connectivity index (χ0v) is 15.1. The third-order valence-electron chi connectivity index (χ3n) is 5.37. The Bertz CT molecular complexity index is 864. The molecule has 0 heterocycles. The molecule has 0 aliphatic heterocycles. The van der Waals surface area contributed by atoms with Gasteiger partial charge in [-0.25, -0.2) is 0 Å². The maximum Gasteiger partial charge on any atom is 0.315 e. The maximum absolute atomic E-state index is 12.5. The van der Waals surface area contributed by atoms with Gasteiger partial charge in [-0.3, -0.25) is 4.79 Å². The van der Waals surface area contributed by atoms with Gasteiger partial charge >= 0.3 is 5.97 Å². The second-order valence-electron chi connectivity index (χ2n) is 6.53. The second-order valence-corrected chi connectivity index (χ2v) is 7.45. The highest BCUT2D eigenvalue weighted by Gasteiger charge is 2.74. The first-order chi connectivity index (χ1) is 12.1.